The molecule has 7 heteroatoms. The Bertz CT molecular complexity index is 1090. The highest BCUT2D eigenvalue weighted by Gasteiger charge is 2.22. The fourth-order valence-corrected chi connectivity index (χ4v) is 3.27. The van der Waals surface area contributed by atoms with Gasteiger partial charge in [-0.05, 0) is 43.5 Å². The standard InChI is InChI=1S/C22H24N6O/c1-14(2)12-19(21-23-17-6-4-5-7-18(17)24-21)25-22(29)20-13-28(27-26-20)16-10-8-15(3)9-11-16/h4-11,13-14,19H,12H2,1-3H3,(H,23,24)(H,25,29). The Balaban J connectivity index is 1.56. The van der Waals surface area contributed by atoms with Gasteiger partial charge < -0.3 is 10.3 Å². The molecule has 7 nitrogen and oxygen atoms in total. The molecule has 148 valence electrons. The van der Waals surface area contributed by atoms with E-state index in [4.69, 9.17) is 0 Å². The molecule has 0 bridgehead atoms. The number of rotatable bonds is 6. The lowest BCUT2D eigenvalue weighted by Gasteiger charge is -2.18. The third kappa shape index (κ3) is 4.18. The molecule has 0 aliphatic rings. The van der Waals surface area contributed by atoms with Crippen molar-refractivity contribution in [3.8, 4) is 5.69 Å². The van der Waals surface area contributed by atoms with Crippen LogP contribution in [0.4, 0.5) is 0 Å². The molecule has 0 saturated carbocycles. The van der Waals surface area contributed by atoms with Crippen molar-refractivity contribution < 1.29 is 4.79 Å². The number of aromatic amines is 1. The first kappa shape index (κ1) is 18.9. The summed E-state index contributed by atoms with van der Waals surface area (Å²) in [6.07, 6.45) is 2.41. The van der Waals surface area contributed by atoms with Gasteiger partial charge in [0.2, 0.25) is 0 Å². The number of hydrogen-bond donors (Lipinski definition) is 2. The molecule has 0 aliphatic heterocycles. The van der Waals surface area contributed by atoms with Crippen LogP contribution in [0, 0.1) is 12.8 Å². The molecule has 0 radical (unpaired) electrons. The van der Waals surface area contributed by atoms with Gasteiger partial charge in [0, 0.05) is 0 Å². The largest absolute Gasteiger partial charge is 0.341 e. The molecule has 1 atom stereocenters. The van der Waals surface area contributed by atoms with Crippen LogP contribution in [-0.2, 0) is 0 Å². The second-order valence-corrected chi connectivity index (χ2v) is 7.68. The number of nitrogens with zero attached hydrogens (tertiary/aromatic N) is 4. The van der Waals surface area contributed by atoms with Crippen molar-refractivity contribution in [2.24, 2.45) is 5.92 Å². The van der Waals surface area contributed by atoms with E-state index in [2.05, 4.69) is 39.4 Å². The molecule has 1 amide bonds. The van der Waals surface area contributed by atoms with Gasteiger partial charge in [-0.1, -0.05) is 48.9 Å². The summed E-state index contributed by atoms with van der Waals surface area (Å²) in [6, 6.07) is 15.5. The normalized spacial score (nSPS) is 12.4. The van der Waals surface area contributed by atoms with Crippen LogP contribution in [0.5, 0.6) is 0 Å². The van der Waals surface area contributed by atoms with Crippen LogP contribution in [0.15, 0.2) is 54.7 Å². The Morgan fingerprint density at radius 2 is 1.90 bits per heavy atom. The number of H-pyrrole nitrogens is 1. The van der Waals surface area contributed by atoms with Crippen molar-refractivity contribution >= 4 is 16.9 Å². The molecule has 0 aliphatic carbocycles. The Kier molecular flexibility index (Phi) is 5.12. The van der Waals surface area contributed by atoms with Crippen LogP contribution < -0.4 is 5.32 Å². The SMILES string of the molecule is Cc1ccc(-n2cc(C(=O)NC(CC(C)C)c3nc4ccccc4[nH]3)nn2)cc1. The van der Waals surface area contributed by atoms with E-state index in [0.717, 1.165) is 34.5 Å². The summed E-state index contributed by atoms with van der Waals surface area (Å²) in [7, 11) is 0. The number of nitrogens with one attached hydrogen (secondary N) is 2. The summed E-state index contributed by atoms with van der Waals surface area (Å²) in [4.78, 5) is 20.8. The lowest BCUT2D eigenvalue weighted by atomic mass is 10.0. The average molecular weight is 388 g/mol. The fourth-order valence-electron chi connectivity index (χ4n) is 3.27. The van der Waals surface area contributed by atoms with Crippen molar-refractivity contribution in [1.82, 2.24) is 30.3 Å². The van der Waals surface area contributed by atoms with Gasteiger partial charge in [-0.15, -0.1) is 5.10 Å². The second kappa shape index (κ2) is 7.87. The summed E-state index contributed by atoms with van der Waals surface area (Å²) in [6.45, 7) is 6.27. The van der Waals surface area contributed by atoms with Crippen molar-refractivity contribution in [1.29, 1.82) is 0 Å². The van der Waals surface area contributed by atoms with Crippen molar-refractivity contribution in [2.45, 2.75) is 33.2 Å². The number of fused-ring (bicyclic) bond motifs is 1. The Labute approximate surface area is 169 Å². The minimum atomic E-state index is -0.269. The number of carbonyl (C=O) groups is 1. The third-order valence-corrected chi connectivity index (χ3v) is 4.77. The Morgan fingerprint density at radius 3 is 2.62 bits per heavy atom. The third-order valence-electron chi connectivity index (χ3n) is 4.77. The first-order valence-electron chi connectivity index (χ1n) is 9.74. The summed E-state index contributed by atoms with van der Waals surface area (Å²) < 4.78 is 1.60. The average Bonchev–Trinajstić information content (AvgIpc) is 3.35. The van der Waals surface area contributed by atoms with E-state index in [1.807, 2.05) is 55.5 Å². The van der Waals surface area contributed by atoms with E-state index in [1.165, 1.54) is 0 Å². The monoisotopic (exact) mass is 388 g/mol. The number of para-hydroxylation sites is 2. The van der Waals surface area contributed by atoms with E-state index in [0.29, 0.717) is 5.92 Å². The maximum absolute atomic E-state index is 12.9. The zero-order valence-corrected chi connectivity index (χ0v) is 16.8. The molecular formula is C22H24N6O. The highest BCUT2D eigenvalue weighted by atomic mass is 16.2. The van der Waals surface area contributed by atoms with Crippen LogP contribution in [0.25, 0.3) is 16.7 Å². The van der Waals surface area contributed by atoms with Gasteiger partial charge in [0.25, 0.3) is 5.91 Å². The first-order chi connectivity index (χ1) is 14.0. The number of carbonyl (C=O) groups excluding carboxylic acids is 1. The minimum absolute atomic E-state index is 0.237. The maximum atomic E-state index is 12.9. The predicted octanol–water partition coefficient (Wildman–Crippen LogP) is 3.97. The second-order valence-electron chi connectivity index (χ2n) is 7.68. The first-order valence-corrected chi connectivity index (χ1v) is 9.74. The smallest absolute Gasteiger partial charge is 0.274 e. The number of hydrogen-bond acceptors (Lipinski definition) is 4. The zero-order valence-electron chi connectivity index (χ0n) is 16.8. The molecule has 1 unspecified atom stereocenters. The molecule has 2 aromatic carbocycles. The van der Waals surface area contributed by atoms with Gasteiger partial charge in [-0.25, -0.2) is 9.67 Å². The van der Waals surface area contributed by atoms with Crippen LogP contribution in [0.1, 0.15) is 48.2 Å². The predicted molar refractivity (Wildman–Crippen MR) is 112 cm³/mol. The Morgan fingerprint density at radius 1 is 1.14 bits per heavy atom. The molecule has 2 heterocycles. The molecule has 4 aromatic rings. The van der Waals surface area contributed by atoms with E-state index >= 15 is 0 Å². The van der Waals surface area contributed by atoms with E-state index in [9.17, 15) is 4.79 Å². The van der Waals surface area contributed by atoms with Gasteiger partial charge in [-0.2, -0.15) is 0 Å². The van der Waals surface area contributed by atoms with E-state index in [-0.39, 0.29) is 17.6 Å². The highest BCUT2D eigenvalue weighted by molar-refractivity contribution is 5.92. The summed E-state index contributed by atoms with van der Waals surface area (Å²) in [5.74, 6) is 0.866. The molecule has 0 saturated heterocycles. The van der Waals surface area contributed by atoms with Gasteiger partial charge in [0.05, 0.1) is 29.0 Å². The van der Waals surface area contributed by atoms with Gasteiger partial charge >= 0.3 is 0 Å². The van der Waals surface area contributed by atoms with Crippen LogP contribution in [-0.4, -0.2) is 30.9 Å². The molecule has 29 heavy (non-hydrogen) atoms. The highest BCUT2D eigenvalue weighted by Crippen LogP contribution is 2.22. The molecule has 0 fully saturated rings. The molecule has 2 aromatic heterocycles. The maximum Gasteiger partial charge on any atom is 0.274 e. The van der Waals surface area contributed by atoms with Crippen molar-refractivity contribution in [3.63, 3.8) is 0 Å². The summed E-state index contributed by atoms with van der Waals surface area (Å²) in [5.41, 5.74) is 4.13. The lowest BCUT2D eigenvalue weighted by Crippen LogP contribution is -2.30. The number of benzene rings is 2. The number of aryl methyl sites for hydroxylation is 1. The Hall–Kier alpha value is -3.48. The zero-order chi connectivity index (χ0) is 20.4. The van der Waals surface area contributed by atoms with Gasteiger partial charge in [-0.3, -0.25) is 4.79 Å². The summed E-state index contributed by atoms with van der Waals surface area (Å²) in [5, 5.41) is 11.2. The molecule has 2 N–H and O–H groups in total. The van der Waals surface area contributed by atoms with Gasteiger partial charge in [0.15, 0.2) is 5.69 Å². The molecule has 0 spiro atoms. The van der Waals surface area contributed by atoms with Crippen LogP contribution in [0.3, 0.4) is 0 Å². The quantitative estimate of drug-likeness (QED) is 0.523. The van der Waals surface area contributed by atoms with E-state index in [1.54, 1.807) is 10.9 Å². The number of aromatic nitrogens is 5. The van der Waals surface area contributed by atoms with Crippen LogP contribution >= 0.6 is 0 Å². The summed E-state index contributed by atoms with van der Waals surface area (Å²) >= 11 is 0. The number of amides is 1. The fraction of sp³-hybridized carbons (Fsp3) is 0.273. The van der Waals surface area contributed by atoms with Gasteiger partial charge in [0.1, 0.15) is 5.82 Å². The lowest BCUT2D eigenvalue weighted by molar-refractivity contribution is 0.0925. The van der Waals surface area contributed by atoms with Crippen molar-refractivity contribution in [2.75, 3.05) is 0 Å². The number of imidazole rings is 1. The topological polar surface area (TPSA) is 88.5 Å². The minimum Gasteiger partial charge on any atom is -0.341 e. The molecular weight excluding hydrogens is 364 g/mol. The van der Waals surface area contributed by atoms with E-state index < -0.39 is 0 Å². The van der Waals surface area contributed by atoms with Crippen LogP contribution in [0.2, 0.25) is 0 Å². The molecule has 4 rings (SSSR count). The van der Waals surface area contributed by atoms with Crippen molar-refractivity contribution in [3.05, 3.63) is 71.8 Å².